The topological polar surface area (TPSA) is 116 Å². The van der Waals surface area contributed by atoms with Crippen LogP contribution in [0, 0.1) is 6.92 Å². The minimum absolute atomic E-state index is 0.221. The van der Waals surface area contributed by atoms with Gasteiger partial charge in [0.2, 0.25) is 10.0 Å². The molecule has 12 heteroatoms. The van der Waals surface area contributed by atoms with E-state index in [1.807, 2.05) is 68.4 Å². The number of carbonyl (C=O) groups is 1. The van der Waals surface area contributed by atoms with Gasteiger partial charge in [0.15, 0.2) is 0 Å². The van der Waals surface area contributed by atoms with Gasteiger partial charge in [0, 0.05) is 59.0 Å². The van der Waals surface area contributed by atoms with Gasteiger partial charge >= 0.3 is 0 Å². The third-order valence-electron chi connectivity index (χ3n) is 9.70. The van der Waals surface area contributed by atoms with Crippen LogP contribution in [-0.2, 0) is 29.5 Å². The van der Waals surface area contributed by atoms with Crippen molar-refractivity contribution in [3.05, 3.63) is 93.9 Å². The van der Waals surface area contributed by atoms with Gasteiger partial charge in [0.25, 0.3) is 5.91 Å². The molecule has 5 aromatic rings. The van der Waals surface area contributed by atoms with Gasteiger partial charge in [-0.05, 0) is 100 Å². The van der Waals surface area contributed by atoms with E-state index in [2.05, 4.69) is 24.9 Å². The van der Waals surface area contributed by atoms with Crippen LogP contribution < -0.4 is 5.32 Å². The number of imidazole rings is 1. The first-order valence-corrected chi connectivity index (χ1v) is 19.2. The number of benzene rings is 3. The van der Waals surface area contributed by atoms with Crippen molar-refractivity contribution in [2.24, 2.45) is 0 Å². The maximum Gasteiger partial charge on any atom is 0.251 e. The van der Waals surface area contributed by atoms with Gasteiger partial charge in [0.05, 0.1) is 29.0 Å². The molecule has 0 aliphatic carbocycles. The van der Waals surface area contributed by atoms with Gasteiger partial charge in [-0.15, -0.1) is 0 Å². The zero-order chi connectivity index (χ0) is 34.3. The number of nitrogens with one attached hydrogen (secondary N) is 2. The van der Waals surface area contributed by atoms with Gasteiger partial charge in [-0.3, -0.25) is 9.48 Å². The van der Waals surface area contributed by atoms with E-state index in [1.54, 1.807) is 6.07 Å². The summed E-state index contributed by atoms with van der Waals surface area (Å²) in [5.41, 5.74) is 8.65. The van der Waals surface area contributed by atoms with Gasteiger partial charge in [-0.1, -0.05) is 35.9 Å². The average Bonchev–Trinajstić information content (AvgIpc) is 3.84. The molecule has 1 atom stereocenters. The zero-order valence-electron chi connectivity index (χ0n) is 28.2. The molecule has 0 unspecified atom stereocenters. The lowest BCUT2D eigenvalue weighted by Crippen LogP contribution is -2.35. The van der Waals surface area contributed by atoms with Crippen molar-refractivity contribution in [3.8, 4) is 22.4 Å². The lowest BCUT2D eigenvalue weighted by molar-refractivity contribution is 0.0938. The molecule has 256 valence electrons. The summed E-state index contributed by atoms with van der Waals surface area (Å²) in [5, 5.41) is 8.71. The van der Waals surface area contributed by atoms with Gasteiger partial charge in [-0.2, -0.15) is 9.40 Å². The van der Waals surface area contributed by atoms with E-state index in [-0.39, 0.29) is 18.5 Å². The lowest BCUT2D eigenvalue weighted by atomic mass is 9.97. The minimum Gasteiger partial charge on any atom is -0.342 e. The van der Waals surface area contributed by atoms with E-state index >= 15 is 0 Å². The Labute approximate surface area is 292 Å². The van der Waals surface area contributed by atoms with Crippen LogP contribution >= 0.6 is 11.6 Å². The maximum atomic E-state index is 13.4. The number of rotatable bonds is 10. The molecule has 4 heterocycles. The number of amides is 1. The van der Waals surface area contributed by atoms with Crippen molar-refractivity contribution >= 4 is 38.6 Å². The fourth-order valence-corrected chi connectivity index (χ4v) is 8.05. The number of aromatic amines is 1. The number of hydrogen-bond donors (Lipinski definition) is 2. The number of aryl methyl sites for hydroxylation is 2. The number of H-pyrrole nitrogens is 1. The second kappa shape index (κ2) is 13.7. The van der Waals surface area contributed by atoms with Gasteiger partial charge < -0.3 is 15.2 Å². The Bertz CT molecular complexity index is 2130. The average molecular weight is 700 g/mol. The number of sulfonamides is 1. The Morgan fingerprint density at radius 1 is 1.02 bits per heavy atom. The van der Waals surface area contributed by atoms with Crippen molar-refractivity contribution in [1.82, 2.24) is 34.3 Å². The monoisotopic (exact) mass is 699 g/mol. The molecule has 0 radical (unpaired) electrons. The van der Waals surface area contributed by atoms with Crippen LogP contribution in [0.25, 0.3) is 33.4 Å². The highest BCUT2D eigenvalue weighted by molar-refractivity contribution is 7.88. The molecule has 2 aliphatic rings. The quantitative estimate of drug-likeness (QED) is 0.176. The smallest absolute Gasteiger partial charge is 0.251 e. The van der Waals surface area contributed by atoms with Crippen LogP contribution in [0.1, 0.15) is 65.2 Å². The number of fused-ring (bicyclic) bond motifs is 2. The molecule has 0 saturated carbocycles. The second-order valence-corrected chi connectivity index (χ2v) is 15.7. The van der Waals surface area contributed by atoms with Gasteiger partial charge in [0.1, 0.15) is 5.82 Å². The summed E-state index contributed by atoms with van der Waals surface area (Å²) >= 11 is 6.80. The molecule has 3 aromatic carbocycles. The van der Waals surface area contributed by atoms with Crippen LogP contribution in [0.15, 0.2) is 60.7 Å². The number of halogens is 1. The summed E-state index contributed by atoms with van der Waals surface area (Å²) in [6, 6.07) is 18.9. The summed E-state index contributed by atoms with van der Waals surface area (Å²) < 4.78 is 28.8. The predicted octanol–water partition coefficient (Wildman–Crippen LogP) is 6.35. The van der Waals surface area contributed by atoms with E-state index in [1.165, 1.54) is 23.4 Å². The van der Waals surface area contributed by atoms with Crippen LogP contribution in [-0.4, -0.2) is 75.7 Å². The molecule has 2 aliphatic heterocycles. The van der Waals surface area contributed by atoms with E-state index in [9.17, 15) is 13.2 Å². The third-order valence-corrected chi connectivity index (χ3v) is 11.3. The number of carbonyl (C=O) groups excluding carboxylic acids is 1. The maximum absolute atomic E-state index is 13.4. The van der Waals surface area contributed by atoms with Crippen LogP contribution in [0.2, 0.25) is 5.02 Å². The second-order valence-electron chi connectivity index (χ2n) is 13.4. The molecule has 2 N–H and O–H groups in total. The highest BCUT2D eigenvalue weighted by Gasteiger charge is 2.30. The lowest BCUT2D eigenvalue weighted by Gasteiger charge is -2.26. The molecule has 1 fully saturated rings. The SMILES string of the molecule is Cc1ccc2nc([C@H](C)NC(=O)c3cccc(-c4cc(-c5nn(CCCN6CCCC6)c6c5CN(S(C)(=O)=O)CC6)ccc4Cl)c3)[nH]c2c1. The molecule has 49 heavy (non-hydrogen) atoms. The summed E-state index contributed by atoms with van der Waals surface area (Å²) in [5.74, 6) is 0.468. The Morgan fingerprint density at radius 2 is 1.84 bits per heavy atom. The predicted molar refractivity (Wildman–Crippen MR) is 194 cm³/mol. The van der Waals surface area contributed by atoms with Crippen LogP contribution in [0.4, 0.5) is 0 Å². The minimum atomic E-state index is -3.37. The van der Waals surface area contributed by atoms with E-state index in [0.717, 1.165) is 82.8 Å². The number of nitrogens with zero attached hydrogens (tertiary/aromatic N) is 5. The normalized spacial score (nSPS) is 16.2. The zero-order valence-corrected chi connectivity index (χ0v) is 29.7. The Kier molecular flexibility index (Phi) is 9.36. The number of likely N-dealkylation sites (tertiary alicyclic amines) is 1. The highest BCUT2D eigenvalue weighted by atomic mass is 35.5. The molecule has 0 spiro atoms. The summed E-state index contributed by atoms with van der Waals surface area (Å²) in [6.45, 7) is 8.79. The van der Waals surface area contributed by atoms with Crippen molar-refractivity contribution in [1.29, 1.82) is 0 Å². The fraction of sp³-hybridized carbons (Fsp3) is 0.378. The summed E-state index contributed by atoms with van der Waals surface area (Å²) in [6.07, 6.45) is 5.38. The number of hydrogen-bond acceptors (Lipinski definition) is 6. The van der Waals surface area contributed by atoms with Crippen LogP contribution in [0.5, 0.6) is 0 Å². The van der Waals surface area contributed by atoms with Crippen LogP contribution in [0.3, 0.4) is 0 Å². The Balaban J connectivity index is 1.15. The van der Waals surface area contributed by atoms with Crippen molar-refractivity contribution in [2.45, 2.75) is 58.7 Å². The van der Waals surface area contributed by atoms with E-state index < -0.39 is 10.0 Å². The molecule has 0 bridgehead atoms. The number of aromatic nitrogens is 4. The largest absolute Gasteiger partial charge is 0.342 e. The fourth-order valence-electron chi connectivity index (χ4n) is 7.03. The van der Waals surface area contributed by atoms with E-state index in [0.29, 0.717) is 29.4 Å². The van der Waals surface area contributed by atoms with Gasteiger partial charge in [-0.25, -0.2) is 13.4 Å². The first-order valence-electron chi connectivity index (χ1n) is 17.0. The first kappa shape index (κ1) is 33.5. The van der Waals surface area contributed by atoms with Crippen molar-refractivity contribution < 1.29 is 13.2 Å². The Morgan fingerprint density at radius 3 is 2.63 bits per heavy atom. The third kappa shape index (κ3) is 7.17. The molecule has 2 aromatic heterocycles. The molecule has 7 rings (SSSR count). The van der Waals surface area contributed by atoms with E-state index in [4.69, 9.17) is 16.7 Å². The summed E-state index contributed by atoms with van der Waals surface area (Å²) in [7, 11) is -3.37. The molecular formula is C37H42ClN7O3S. The standard InChI is InChI=1S/C37H42ClN7O3S/c1-24-10-13-32-33(20-24)41-36(40-32)25(2)39-37(46)28-9-6-8-26(21-28)29-22-27(11-12-31(29)38)35-30-23-44(49(3,47)48)19-14-34(30)45(42-35)18-7-17-43-15-4-5-16-43/h6,8-13,20-22,25H,4-5,7,14-19,23H2,1-3H3,(H,39,46)(H,40,41)/t25-/m0/s1. The first-order chi connectivity index (χ1) is 23.5. The summed E-state index contributed by atoms with van der Waals surface area (Å²) in [4.78, 5) is 23.9. The molecule has 1 amide bonds. The van der Waals surface area contributed by atoms with Crippen molar-refractivity contribution in [3.63, 3.8) is 0 Å². The molecule has 10 nitrogen and oxygen atoms in total. The molecular weight excluding hydrogens is 658 g/mol. The Hall–Kier alpha value is -4.03. The van der Waals surface area contributed by atoms with Crippen molar-refractivity contribution in [2.75, 3.05) is 32.4 Å². The highest BCUT2D eigenvalue weighted by Crippen LogP contribution is 2.36. The molecule has 1 saturated heterocycles.